The topological polar surface area (TPSA) is 57.0 Å². The molecule has 3 rings (SSSR count). The molecule has 0 aromatic carbocycles. The van der Waals surface area contributed by atoms with E-state index in [1.54, 1.807) is 30.0 Å². The van der Waals surface area contributed by atoms with E-state index in [-0.39, 0.29) is 5.97 Å². The van der Waals surface area contributed by atoms with Crippen LogP contribution < -0.4 is 0 Å². The van der Waals surface area contributed by atoms with Gasteiger partial charge in [-0.15, -0.1) is 21.5 Å². The SMILES string of the molecule is COC(=O)C(C)=CCSc1nnc(Cc2cccs2)n1C1CC1. The average Bonchev–Trinajstić information content (AvgIpc) is 3.11. The highest BCUT2D eigenvalue weighted by Gasteiger charge is 2.29. The number of aromatic nitrogens is 3. The van der Waals surface area contributed by atoms with Gasteiger partial charge in [-0.05, 0) is 31.2 Å². The Labute approximate surface area is 143 Å². The van der Waals surface area contributed by atoms with Crippen LogP contribution in [0.2, 0.25) is 0 Å². The summed E-state index contributed by atoms with van der Waals surface area (Å²) in [5.41, 5.74) is 0.622. The van der Waals surface area contributed by atoms with Gasteiger partial charge in [0.25, 0.3) is 0 Å². The molecule has 23 heavy (non-hydrogen) atoms. The second kappa shape index (κ2) is 7.31. The fraction of sp³-hybridized carbons (Fsp3) is 0.438. The molecule has 2 heterocycles. The Balaban J connectivity index is 1.70. The van der Waals surface area contributed by atoms with Crippen LogP contribution in [0.5, 0.6) is 0 Å². The molecule has 0 unspecified atom stereocenters. The molecule has 0 saturated heterocycles. The van der Waals surface area contributed by atoms with Crippen molar-refractivity contribution in [1.82, 2.24) is 14.8 Å². The fourth-order valence-corrected chi connectivity index (χ4v) is 3.96. The van der Waals surface area contributed by atoms with E-state index in [0.29, 0.717) is 17.4 Å². The molecule has 1 saturated carbocycles. The Morgan fingerprint density at radius 1 is 1.52 bits per heavy atom. The van der Waals surface area contributed by atoms with Gasteiger partial charge in [0.05, 0.1) is 7.11 Å². The summed E-state index contributed by atoms with van der Waals surface area (Å²) in [6, 6.07) is 4.73. The van der Waals surface area contributed by atoms with Crippen molar-refractivity contribution in [3.8, 4) is 0 Å². The van der Waals surface area contributed by atoms with Crippen molar-refractivity contribution in [3.05, 3.63) is 39.9 Å². The zero-order chi connectivity index (χ0) is 16.2. The molecule has 0 amide bonds. The van der Waals surface area contributed by atoms with Crippen LogP contribution in [0, 0.1) is 0 Å². The molecular formula is C16H19N3O2S2. The molecular weight excluding hydrogens is 330 g/mol. The number of carbonyl (C=O) groups is 1. The molecule has 0 N–H and O–H groups in total. The number of ether oxygens (including phenoxy) is 1. The number of carbonyl (C=O) groups excluding carboxylic acids is 1. The lowest BCUT2D eigenvalue weighted by molar-refractivity contribution is -0.136. The van der Waals surface area contributed by atoms with E-state index in [9.17, 15) is 4.79 Å². The molecule has 5 nitrogen and oxygen atoms in total. The van der Waals surface area contributed by atoms with E-state index >= 15 is 0 Å². The predicted octanol–water partition coefficient (Wildman–Crippen LogP) is 3.48. The summed E-state index contributed by atoms with van der Waals surface area (Å²) >= 11 is 3.36. The van der Waals surface area contributed by atoms with Crippen LogP contribution >= 0.6 is 23.1 Å². The highest BCUT2D eigenvalue weighted by atomic mass is 32.2. The summed E-state index contributed by atoms with van der Waals surface area (Å²) in [6.45, 7) is 1.76. The third kappa shape index (κ3) is 4.03. The largest absolute Gasteiger partial charge is 0.466 e. The maximum absolute atomic E-state index is 11.4. The van der Waals surface area contributed by atoms with Crippen LogP contribution in [-0.4, -0.2) is 33.6 Å². The molecule has 122 valence electrons. The van der Waals surface area contributed by atoms with Gasteiger partial charge in [0.1, 0.15) is 5.82 Å². The number of rotatable bonds is 7. The van der Waals surface area contributed by atoms with Crippen molar-refractivity contribution in [2.45, 2.75) is 37.4 Å². The molecule has 0 aliphatic heterocycles. The summed E-state index contributed by atoms with van der Waals surface area (Å²) < 4.78 is 6.97. The zero-order valence-corrected chi connectivity index (χ0v) is 14.8. The number of nitrogens with zero attached hydrogens (tertiary/aromatic N) is 3. The molecule has 1 fully saturated rings. The molecule has 7 heteroatoms. The Bertz CT molecular complexity index is 703. The van der Waals surface area contributed by atoms with Gasteiger partial charge in [-0.2, -0.15) is 0 Å². The van der Waals surface area contributed by atoms with Crippen molar-refractivity contribution in [2.24, 2.45) is 0 Å². The Morgan fingerprint density at radius 2 is 2.35 bits per heavy atom. The minimum absolute atomic E-state index is 0.285. The number of methoxy groups -OCH3 is 1. The smallest absolute Gasteiger partial charge is 0.333 e. The van der Waals surface area contributed by atoms with Crippen LogP contribution in [0.3, 0.4) is 0 Å². The van der Waals surface area contributed by atoms with Crippen LogP contribution in [0.1, 0.15) is 36.5 Å². The third-order valence-corrected chi connectivity index (χ3v) is 5.42. The zero-order valence-electron chi connectivity index (χ0n) is 13.2. The van der Waals surface area contributed by atoms with Gasteiger partial charge in [-0.3, -0.25) is 0 Å². The van der Waals surface area contributed by atoms with E-state index in [4.69, 9.17) is 4.74 Å². The first-order chi connectivity index (χ1) is 11.2. The summed E-state index contributed by atoms with van der Waals surface area (Å²) in [5, 5.41) is 11.8. The number of esters is 1. The first kappa shape index (κ1) is 16.3. The lowest BCUT2D eigenvalue weighted by Crippen LogP contribution is -2.04. The van der Waals surface area contributed by atoms with Gasteiger partial charge in [0.2, 0.25) is 0 Å². The minimum Gasteiger partial charge on any atom is -0.466 e. The van der Waals surface area contributed by atoms with E-state index in [0.717, 1.165) is 17.4 Å². The number of hydrogen-bond acceptors (Lipinski definition) is 6. The highest BCUT2D eigenvalue weighted by Crippen LogP contribution is 2.39. The van der Waals surface area contributed by atoms with Crippen LogP contribution in [-0.2, 0) is 16.0 Å². The van der Waals surface area contributed by atoms with Crippen LogP contribution in [0.15, 0.2) is 34.3 Å². The number of hydrogen-bond donors (Lipinski definition) is 0. The molecule has 0 spiro atoms. The summed E-state index contributed by atoms with van der Waals surface area (Å²) in [4.78, 5) is 12.7. The standard InChI is InChI=1S/C16H19N3O2S2/c1-11(15(20)21-2)7-9-23-16-18-17-14(19(16)12-5-6-12)10-13-4-3-8-22-13/h3-4,7-8,12H,5-6,9-10H2,1-2H3. The molecule has 0 radical (unpaired) electrons. The molecule has 0 atom stereocenters. The monoisotopic (exact) mass is 349 g/mol. The highest BCUT2D eigenvalue weighted by molar-refractivity contribution is 7.99. The van der Waals surface area contributed by atoms with Crippen molar-refractivity contribution in [3.63, 3.8) is 0 Å². The normalized spacial score (nSPS) is 15.0. The summed E-state index contributed by atoms with van der Waals surface area (Å²) in [6.07, 6.45) is 5.10. The Morgan fingerprint density at radius 3 is 3.00 bits per heavy atom. The lowest BCUT2D eigenvalue weighted by Gasteiger charge is -2.07. The molecule has 1 aliphatic rings. The van der Waals surface area contributed by atoms with Crippen molar-refractivity contribution < 1.29 is 9.53 Å². The summed E-state index contributed by atoms with van der Waals surface area (Å²) in [7, 11) is 1.40. The maximum atomic E-state index is 11.4. The summed E-state index contributed by atoms with van der Waals surface area (Å²) in [5.74, 6) is 1.43. The van der Waals surface area contributed by atoms with E-state index in [1.165, 1.54) is 24.8 Å². The Kier molecular flexibility index (Phi) is 5.17. The second-order valence-electron chi connectivity index (χ2n) is 5.45. The van der Waals surface area contributed by atoms with Gasteiger partial charge in [0.15, 0.2) is 5.16 Å². The predicted molar refractivity (Wildman–Crippen MR) is 91.9 cm³/mol. The first-order valence-corrected chi connectivity index (χ1v) is 9.39. The number of thiophene rings is 1. The van der Waals surface area contributed by atoms with Gasteiger partial charge in [-0.25, -0.2) is 4.79 Å². The van der Waals surface area contributed by atoms with Gasteiger partial charge in [-0.1, -0.05) is 23.9 Å². The van der Waals surface area contributed by atoms with E-state index in [2.05, 4.69) is 32.3 Å². The van der Waals surface area contributed by atoms with Crippen molar-refractivity contribution in [1.29, 1.82) is 0 Å². The van der Waals surface area contributed by atoms with E-state index in [1.807, 2.05) is 6.08 Å². The first-order valence-electron chi connectivity index (χ1n) is 7.53. The van der Waals surface area contributed by atoms with Crippen molar-refractivity contribution in [2.75, 3.05) is 12.9 Å². The third-order valence-electron chi connectivity index (χ3n) is 3.67. The average molecular weight is 349 g/mol. The van der Waals surface area contributed by atoms with Crippen LogP contribution in [0.4, 0.5) is 0 Å². The quantitative estimate of drug-likeness (QED) is 0.435. The molecule has 2 aromatic rings. The second-order valence-corrected chi connectivity index (χ2v) is 7.47. The lowest BCUT2D eigenvalue weighted by atomic mass is 10.3. The van der Waals surface area contributed by atoms with E-state index < -0.39 is 0 Å². The fourth-order valence-electron chi connectivity index (χ4n) is 2.28. The van der Waals surface area contributed by atoms with Gasteiger partial charge < -0.3 is 9.30 Å². The van der Waals surface area contributed by atoms with Gasteiger partial charge >= 0.3 is 5.97 Å². The minimum atomic E-state index is -0.285. The van der Waals surface area contributed by atoms with Gasteiger partial charge in [0, 0.05) is 28.7 Å². The Hall–Kier alpha value is -1.60. The van der Waals surface area contributed by atoms with Crippen LogP contribution in [0.25, 0.3) is 0 Å². The molecule has 1 aliphatic carbocycles. The maximum Gasteiger partial charge on any atom is 0.333 e. The molecule has 0 bridgehead atoms. The number of thioether (sulfide) groups is 1. The van der Waals surface area contributed by atoms with Crippen molar-refractivity contribution >= 4 is 29.1 Å². The molecule has 2 aromatic heterocycles.